The zero-order valence-corrected chi connectivity index (χ0v) is 11.0. The van der Waals surface area contributed by atoms with Gasteiger partial charge in [0.25, 0.3) is 0 Å². The molecule has 2 aromatic heterocycles. The van der Waals surface area contributed by atoms with Gasteiger partial charge in [0, 0.05) is 13.6 Å². The van der Waals surface area contributed by atoms with Crippen LogP contribution in [0.1, 0.15) is 0 Å². The van der Waals surface area contributed by atoms with Gasteiger partial charge in [-0.25, -0.2) is 9.67 Å². The number of nitrogens with zero attached hydrogens (tertiary/aromatic N) is 5. The molecule has 0 unspecified atom stereocenters. The van der Waals surface area contributed by atoms with Crippen LogP contribution in [0.25, 0.3) is 11.5 Å². The van der Waals surface area contributed by atoms with E-state index in [1.165, 1.54) is 0 Å². The van der Waals surface area contributed by atoms with Crippen LogP contribution in [0.15, 0.2) is 25.0 Å². The summed E-state index contributed by atoms with van der Waals surface area (Å²) in [7, 11) is 3.33. The van der Waals surface area contributed by atoms with Gasteiger partial charge in [0.15, 0.2) is 10.6 Å². The average molecular weight is 263 g/mol. The first kappa shape index (κ1) is 12.4. The molecule has 0 saturated heterocycles. The largest absolute Gasteiger partial charge is 0.480 e. The Morgan fingerprint density at radius 1 is 1.50 bits per heavy atom. The summed E-state index contributed by atoms with van der Waals surface area (Å²) < 4.78 is 9.12. The van der Waals surface area contributed by atoms with E-state index < -0.39 is 0 Å². The molecule has 0 fully saturated rings. The van der Waals surface area contributed by atoms with Crippen LogP contribution in [0.3, 0.4) is 0 Å². The molecule has 0 aliphatic carbocycles. The van der Waals surface area contributed by atoms with Crippen molar-refractivity contribution in [2.75, 3.05) is 7.11 Å². The first-order valence-electron chi connectivity index (χ1n) is 5.28. The average Bonchev–Trinajstić information content (AvgIpc) is 2.68. The van der Waals surface area contributed by atoms with Crippen LogP contribution < -0.4 is 4.74 Å². The number of aryl methyl sites for hydroxylation is 1. The summed E-state index contributed by atoms with van der Waals surface area (Å²) in [6.07, 6.45) is 4.92. The van der Waals surface area contributed by atoms with Gasteiger partial charge in [-0.15, -0.1) is 6.58 Å². The Kier molecular flexibility index (Phi) is 3.52. The van der Waals surface area contributed by atoms with Crippen molar-refractivity contribution in [1.29, 1.82) is 0 Å². The molecule has 18 heavy (non-hydrogen) atoms. The van der Waals surface area contributed by atoms with E-state index in [0.717, 1.165) is 0 Å². The number of rotatable bonds is 4. The topological polar surface area (TPSA) is 57.8 Å². The second kappa shape index (κ2) is 5.09. The Labute approximate surface area is 110 Å². The Hall–Kier alpha value is -2.02. The molecule has 0 saturated carbocycles. The third kappa shape index (κ3) is 2.17. The summed E-state index contributed by atoms with van der Waals surface area (Å²) in [5.41, 5.74) is 0.614. The maximum atomic E-state index is 5.28. The lowest BCUT2D eigenvalue weighted by Crippen LogP contribution is -2.01. The highest BCUT2D eigenvalue weighted by Gasteiger charge is 2.12. The molecule has 0 N–H and O–H groups in total. The number of hydrogen-bond donors (Lipinski definition) is 0. The highest BCUT2D eigenvalue weighted by atomic mass is 32.1. The molecular weight excluding hydrogens is 250 g/mol. The third-order valence-electron chi connectivity index (χ3n) is 2.37. The summed E-state index contributed by atoms with van der Waals surface area (Å²) in [5.74, 6) is 1.09. The van der Waals surface area contributed by atoms with Gasteiger partial charge in [-0.3, -0.25) is 9.55 Å². The maximum absolute atomic E-state index is 5.28. The van der Waals surface area contributed by atoms with E-state index in [1.807, 2.05) is 4.57 Å². The zero-order chi connectivity index (χ0) is 13.1. The predicted octanol–water partition coefficient (Wildman–Crippen LogP) is 1.60. The Bertz CT molecular complexity index is 631. The van der Waals surface area contributed by atoms with Crippen molar-refractivity contribution >= 4 is 12.2 Å². The van der Waals surface area contributed by atoms with Crippen molar-refractivity contribution in [3.8, 4) is 17.4 Å². The van der Waals surface area contributed by atoms with Gasteiger partial charge in [-0.1, -0.05) is 6.08 Å². The summed E-state index contributed by atoms with van der Waals surface area (Å²) in [5, 5.41) is 4.34. The molecule has 0 radical (unpaired) electrons. The lowest BCUT2D eigenvalue weighted by atomic mass is 10.4. The van der Waals surface area contributed by atoms with Crippen molar-refractivity contribution in [2.24, 2.45) is 7.05 Å². The van der Waals surface area contributed by atoms with Crippen LogP contribution >= 0.6 is 12.2 Å². The number of aromatic nitrogens is 5. The second-order valence-electron chi connectivity index (χ2n) is 3.58. The number of hydrogen-bond acceptors (Lipinski definition) is 5. The van der Waals surface area contributed by atoms with Crippen molar-refractivity contribution in [3.05, 3.63) is 29.8 Å². The van der Waals surface area contributed by atoms with Crippen molar-refractivity contribution in [1.82, 2.24) is 24.3 Å². The molecule has 0 atom stereocenters. The Morgan fingerprint density at radius 3 is 2.94 bits per heavy atom. The Balaban J connectivity index is 2.59. The second-order valence-corrected chi connectivity index (χ2v) is 3.94. The monoisotopic (exact) mass is 263 g/mol. The van der Waals surface area contributed by atoms with Crippen molar-refractivity contribution in [3.63, 3.8) is 0 Å². The smallest absolute Gasteiger partial charge is 0.232 e. The minimum atomic E-state index is 0.439. The molecule has 0 aromatic carbocycles. The standard InChI is InChI=1S/C11H13N5OS/c1-4-5-16-10(14-15(2)11(16)18)8-6-12-7-9(13-8)17-3/h4,6-7H,1,5H2,2-3H3. The number of methoxy groups -OCH3 is 1. The van der Waals surface area contributed by atoms with Gasteiger partial charge < -0.3 is 4.74 Å². The zero-order valence-electron chi connectivity index (χ0n) is 10.2. The van der Waals surface area contributed by atoms with E-state index >= 15 is 0 Å². The van der Waals surface area contributed by atoms with Crippen LogP contribution in [0.5, 0.6) is 5.88 Å². The van der Waals surface area contributed by atoms with Crippen LogP contribution in [0, 0.1) is 4.77 Å². The lowest BCUT2D eigenvalue weighted by molar-refractivity contribution is 0.396. The van der Waals surface area contributed by atoms with Gasteiger partial charge in [0.2, 0.25) is 5.88 Å². The van der Waals surface area contributed by atoms with Crippen LogP contribution in [0.4, 0.5) is 0 Å². The molecule has 2 aromatic rings. The SMILES string of the molecule is C=CCn1c(-c2cncc(OC)n2)nn(C)c1=S. The number of allylic oxidation sites excluding steroid dienone is 1. The maximum Gasteiger partial charge on any atom is 0.232 e. The molecule has 0 amide bonds. The quantitative estimate of drug-likeness (QED) is 0.619. The molecule has 0 spiro atoms. The fraction of sp³-hybridized carbons (Fsp3) is 0.273. The fourth-order valence-corrected chi connectivity index (χ4v) is 1.74. The predicted molar refractivity (Wildman–Crippen MR) is 69.8 cm³/mol. The minimum absolute atomic E-state index is 0.439. The van der Waals surface area contributed by atoms with Gasteiger partial charge >= 0.3 is 0 Å². The molecule has 2 rings (SSSR count). The molecule has 0 bridgehead atoms. The normalized spacial score (nSPS) is 10.3. The first-order valence-corrected chi connectivity index (χ1v) is 5.69. The summed E-state index contributed by atoms with van der Waals surface area (Å²) in [6, 6.07) is 0. The lowest BCUT2D eigenvalue weighted by Gasteiger charge is -2.03. The van der Waals surface area contributed by atoms with Gasteiger partial charge in [0.05, 0.1) is 19.5 Å². The molecular formula is C11H13N5OS. The van der Waals surface area contributed by atoms with Crippen LogP contribution in [-0.4, -0.2) is 31.4 Å². The molecule has 0 aliphatic rings. The number of ether oxygens (including phenoxy) is 1. The van der Waals surface area contributed by atoms with Crippen LogP contribution in [-0.2, 0) is 13.6 Å². The molecule has 2 heterocycles. The highest BCUT2D eigenvalue weighted by Crippen LogP contribution is 2.17. The van der Waals surface area contributed by atoms with E-state index in [2.05, 4.69) is 21.6 Å². The van der Waals surface area contributed by atoms with Crippen molar-refractivity contribution < 1.29 is 4.74 Å². The molecule has 7 heteroatoms. The van der Waals surface area contributed by atoms with Gasteiger partial charge in [-0.2, -0.15) is 5.10 Å². The Morgan fingerprint density at radius 2 is 2.28 bits per heavy atom. The van der Waals surface area contributed by atoms with Crippen molar-refractivity contribution in [2.45, 2.75) is 6.54 Å². The summed E-state index contributed by atoms with van der Waals surface area (Å²) in [6.45, 7) is 4.28. The van der Waals surface area contributed by atoms with E-state index in [1.54, 1.807) is 37.3 Å². The molecule has 6 nitrogen and oxygen atoms in total. The highest BCUT2D eigenvalue weighted by molar-refractivity contribution is 7.71. The van der Waals surface area contributed by atoms with E-state index in [0.29, 0.717) is 28.7 Å². The third-order valence-corrected chi connectivity index (χ3v) is 2.86. The van der Waals surface area contributed by atoms with E-state index in [-0.39, 0.29) is 0 Å². The minimum Gasteiger partial charge on any atom is -0.480 e. The molecule has 0 aliphatic heterocycles. The summed E-state index contributed by atoms with van der Waals surface area (Å²) in [4.78, 5) is 8.36. The molecule has 94 valence electrons. The fourth-order valence-electron chi connectivity index (χ4n) is 1.54. The van der Waals surface area contributed by atoms with Crippen LogP contribution in [0.2, 0.25) is 0 Å². The first-order chi connectivity index (χ1) is 8.67. The van der Waals surface area contributed by atoms with Gasteiger partial charge in [-0.05, 0) is 12.2 Å². The van der Waals surface area contributed by atoms with E-state index in [4.69, 9.17) is 17.0 Å². The summed E-state index contributed by atoms with van der Waals surface area (Å²) >= 11 is 5.28. The van der Waals surface area contributed by atoms with Gasteiger partial charge in [0.1, 0.15) is 5.69 Å². The van der Waals surface area contributed by atoms with E-state index in [9.17, 15) is 0 Å².